The Labute approximate surface area is 158 Å². The molecular formula is C19H25ClN2O4. The number of hydrogen-bond acceptors (Lipinski definition) is 4. The number of aryl methyl sites for hydroxylation is 1. The van der Waals surface area contributed by atoms with E-state index in [9.17, 15) is 14.4 Å². The van der Waals surface area contributed by atoms with Gasteiger partial charge in [-0.1, -0.05) is 29.8 Å². The molecule has 7 heteroatoms. The van der Waals surface area contributed by atoms with Gasteiger partial charge in [0.2, 0.25) is 5.91 Å². The van der Waals surface area contributed by atoms with Crippen LogP contribution in [0.2, 0.25) is 0 Å². The van der Waals surface area contributed by atoms with E-state index in [4.69, 9.17) is 16.3 Å². The Morgan fingerprint density at radius 1 is 1.15 bits per heavy atom. The molecule has 142 valence electrons. The van der Waals surface area contributed by atoms with E-state index in [1.54, 1.807) is 17.0 Å². The van der Waals surface area contributed by atoms with E-state index < -0.39 is 0 Å². The van der Waals surface area contributed by atoms with Gasteiger partial charge in [0.05, 0.1) is 5.88 Å². The van der Waals surface area contributed by atoms with Crippen molar-refractivity contribution in [3.8, 4) is 0 Å². The zero-order valence-electron chi connectivity index (χ0n) is 15.0. The van der Waals surface area contributed by atoms with Gasteiger partial charge in [0.15, 0.2) is 5.78 Å². The number of benzene rings is 1. The Morgan fingerprint density at radius 3 is 2.42 bits per heavy atom. The quantitative estimate of drug-likeness (QED) is 0.583. The molecule has 0 radical (unpaired) electrons. The van der Waals surface area contributed by atoms with Crippen molar-refractivity contribution in [1.29, 1.82) is 0 Å². The number of ether oxygens (including phenoxy) is 1. The second-order valence-corrected chi connectivity index (χ2v) is 6.80. The maximum Gasteiger partial charge on any atom is 0.409 e. The highest BCUT2D eigenvalue weighted by Gasteiger charge is 2.24. The summed E-state index contributed by atoms with van der Waals surface area (Å²) in [5, 5.41) is 2.95. The molecule has 1 aromatic carbocycles. The van der Waals surface area contributed by atoms with Crippen LogP contribution in [0.3, 0.4) is 0 Å². The van der Waals surface area contributed by atoms with Gasteiger partial charge >= 0.3 is 6.09 Å². The van der Waals surface area contributed by atoms with Crippen LogP contribution in [0.1, 0.15) is 41.6 Å². The Hall–Kier alpha value is -2.08. The van der Waals surface area contributed by atoms with Crippen molar-refractivity contribution in [3.05, 3.63) is 35.4 Å². The Bertz CT molecular complexity index is 625. The maximum atomic E-state index is 12.1. The van der Waals surface area contributed by atoms with Crippen molar-refractivity contribution in [2.45, 2.75) is 38.6 Å². The summed E-state index contributed by atoms with van der Waals surface area (Å²) in [6.07, 6.45) is 1.35. The molecule has 0 bridgehead atoms. The molecule has 26 heavy (non-hydrogen) atoms. The molecule has 1 aliphatic rings. The minimum absolute atomic E-state index is 0.0223. The number of likely N-dealkylation sites (tertiary alicyclic amines) is 1. The van der Waals surface area contributed by atoms with E-state index in [0.717, 1.165) is 5.56 Å². The number of carbonyl (C=O) groups excluding carboxylic acids is 3. The maximum absolute atomic E-state index is 12.1. The van der Waals surface area contributed by atoms with Crippen molar-refractivity contribution in [2.75, 3.05) is 25.6 Å². The highest BCUT2D eigenvalue weighted by Crippen LogP contribution is 2.13. The van der Waals surface area contributed by atoms with Gasteiger partial charge in [-0.05, 0) is 19.8 Å². The number of piperidine rings is 1. The van der Waals surface area contributed by atoms with Crippen LogP contribution in [-0.4, -0.2) is 54.3 Å². The molecule has 0 aliphatic carbocycles. The lowest BCUT2D eigenvalue weighted by atomic mass is 10.0. The summed E-state index contributed by atoms with van der Waals surface area (Å²) < 4.78 is 4.99. The van der Waals surface area contributed by atoms with Crippen LogP contribution in [0, 0.1) is 6.92 Å². The summed E-state index contributed by atoms with van der Waals surface area (Å²) in [5.74, 6) is 0.116. The third kappa shape index (κ3) is 6.33. The lowest BCUT2D eigenvalue weighted by Gasteiger charge is -2.31. The van der Waals surface area contributed by atoms with Crippen LogP contribution in [0.15, 0.2) is 24.3 Å². The van der Waals surface area contributed by atoms with Crippen LogP contribution < -0.4 is 5.32 Å². The van der Waals surface area contributed by atoms with Crippen molar-refractivity contribution in [2.24, 2.45) is 0 Å². The topological polar surface area (TPSA) is 75.7 Å². The van der Waals surface area contributed by atoms with Gasteiger partial charge in [0.25, 0.3) is 0 Å². The van der Waals surface area contributed by atoms with Crippen molar-refractivity contribution in [3.63, 3.8) is 0 Å². The number of rotatable bonds is 7. The predicted octanol–water partition coefficient (Wildman–Crippen LogP) is 2.91. The van der Waals surface area contributed by atoms with Crippen molar-refractivity contribution >= 4 is 29.4 Å². The van der Waals surface area contributed by atoms with Crippen molar-refractivity contribution < 1.29 is 19.1 Å². The normalized spacial score (nSPS) is 14.8. The van der Waals surface area contributed by atoms with Gasteiger partial charge in [-0.2, -0.15) is 0 Å². The fraction of sp³-hybridized carbons (Fsp3) is 0.526. The molecule has 2 amide bonds. The second-order valence-electron chi connectivity index (χ2n) is 6.42. The highest BCUT2D eigenvalue weighted by atomic mass is 35.5. The summed E-state index contributed by atoms with van der Waals surface area (Å²) in [6.45, 7) is 3.24. The zero-order chi connectivity index (χ0) is 18.9. The molecule has 1 fully saturated rings. The summed E-state index contributed by atoms with van der Waals surface area (Å²) in [5.41, 5.74) is 1.73. The smallest absolute Gasteiger partial charge is 0.409 e. The van der Waals surface area contributed by atoms with Gasteiger partial charge in [0, 0.05) is 37.5 Å². The van der Waals surface area contributed by atoms with E-state index in [-0.39, 0.29) is 49.2 Å². The van der Waals surface area contributed by atoms with Crippen LogP contribution in [-0.2, 0) is 9.53 Å². The molecule has 1 aromatic rings. The van der Waals surface area contributed by atoms with Crippen LogP contribution in [0.25, 0.3) is 0 Å². The first kappa shape index (κ1) is 20.2. The molecule has 6 nitrogen and oxygen atoms in total. The number of alkyl halides is 1. The standard InChI is InChI=1S/C19H25ClN2O4/c1-14-2-4-15(5-3-14)17(23)6-7-18(24)21-16-8-11-22(12-9-16)19(25)26-13-10-20/h2-5,16H,6-13H2,1H3,(H,21,24). The first-order valence-electron chi connectivity index (χ1n) is 8.86. The fourth-order valence-electron chi connectivity index (χ4n) is 2.83. The van der Waals surface area contributed by atoms with E-state index >= 15 is 0 Å². The average molecular weight is 381 g/mol. The van der Waals surface area contributed by atoms with Gasteiger partial charge < -0.3 is 15.0 Å². The number of nitrogens with zero attached hydrogens (tertiary/aromatic N) is 1. The highest BCUT2D eigenvalue weighted by molar-refractivity contribution is 6.18. The number of hydrogen-bond donors (Lipinski definition) is 1. The number of halogens is 1. The average Bonchev–Trinajstić information content (AvgIpc) is 2.65. The summed E-state index contributed by atoms with van der Waals surface area (Å²) in [7, 11) is 0. The van der Waals surface area contributed by atoms with E-state index in [1.807, 2.05) is 19.1 Å². The van der Waals surface area contributed by atoms with Gasteiger partial charge in [-0.25, -0.2) is 4.79 Å². The molecule has 0 spiro atoms. The Morgan fingerprint density at radius 2 is 1.81 bits per heavy atom. The molecular weight excluding hydrogens is 356 g/mol. The van der Waals surface area contributed by atoms with Crippen molar-refractivity contribution in [1.82, 2.24) is 10.2 Å². The number of Topliss-reactive ketones (excluding diaryl/α,β-unsaturated/α-hetero) is 1. The van der Waals surface area contributed by atoms with E-state index in [1.165, 1.54) is 0 Å². The fourth-order valence-corrected chi connectivity index (χ4v) is 2.91. The number of amides is 2. The largest absolute Gasteiger partial charge is 0.448 e. The SMILES string of the molecule is Cc1ccc(C(=O)CCC(=O)NC2CCN(C(=O)OCCCl)CC2)cc1. The minimum Gasteiger partial charge on any atom is -0.448 e. The first-order chi connectivity index (χ1) is 12.5. The first-order valence-corrected chi connectivity index (χ1v) is 9.40. The Balaban J connectivity index is 1.68. The molecule has 0 aromatic heterocycles. The third-order valence-corrected chi connectivity index (χ3v) is 4.53. The Kier molecular flexibility index (Phi) is 7.91. The third-order valence-electron chi connectivity index (χ3n) is 4.37. The lowest BCUT2D eigenvalue weighted by Crippen LogP contribution is -2.46. The molecule has 0 atom stereocenters. The molecule has 1 N–H and O–H groups in total. The second kappa shape index (κ2) is 10.2. The van der Waals surface area contributed by atoms with E-state index in [2.05, 4.69) is 5.32 Å². The monoisotopic (exact) mass is 380 g/mol. The molecule has 1 saturated heterocycles. The lowest BCUT2D eigenvalue weighted by molar-refractivity contribution is -0.122. The number of carbonyl (C=O) groups is 3. The van der Waals surface area contributed by atoms with Gasteiger partial charge in [-0.3, -0.25) is 9.59 Å². The molecule has 2 rings (SSSR count). The van der Waals surface area contributed by atoms with Gasteiger partial charge in [0.1, 0.15) is 6.61 Å². The molecule has 0 saturated carbocycles. The zero-order valence-corrected chi connectivity index (χ0v) is 15.8. The predicted molar refractivity (Wildman–Crippen MR) is 99.5 cm³/mol. The molecule has 1 aliphatic heterocycles. The summed E-state index contributed by atoms with van der Waals surface area (Å²) >= 11 is 5.50. The van der Waals surface area contributed by atoms with Crippen LogP contribution >= 0.6 is 11.6 Å². The van der Waals surface area contributed by atoms with Crippen LogP contribution in [0.5, 0.6) is 0 Å². The van der Waals surface area contributed by atoms with E-state index in [0.29, 0.717) is 31.5 Å². The van der Waals surface area contributed by atoms with Gasteiger partial charge in [-0.15, -0.1) is 11.6 Å². The number of ketones is 1. The van der Waals surface area contributed by atoms with Crippen LogP contribution in [0.4, 0.5) is 4.79 Å². The summed E-state index contributed by atoms with van der Waals surface area (Å²) in [6, 6.07) is 7.37. The minimum atomic E-state index is -0.362. The summed E-state index contributed by atoms with van der Waals surface area (Å²) in [4.78, 5) is 37.5. The molecule has 1 heterocycles. The molecule has 0 unspecified atom stereocenters. The number of nitrogens with one attached hydrogen (secondary N) is 1.